The molecule has 0 spiro atoms. The maximum Gasteiger partial charge on any atom is 0.308 e. The minimum atomic E-state index is -2.30. The Morgan fingerprint density at radius 2 is 1.19 bits per heavy atom. The lowest BCUT2D eigenvalue weighted by molar-refractivity contribution is -0.307. The van der Waals surface area contributed by atoms with Crippen molar-refractivity contribution in [2.45, 2.75) is 325 Å². The highest BCUT2D eigenvalue weighted by Gasteiger charge is 2.66. The zero-order chi connectivity index (χ0) is 76.1. The minimum absolute atomic E-state index is 0.0235. The summed E-state index contributed by atoms with van der Waals surface area (Å²) in [6.07, 6.45) is 17.5. The first-order chi connectivity index (χ1) is 49.4. The van der Waals surface area contributed by atoms with Crippen LogP contribution in [0, 0.1) is 64.1 Å². The standard InChI is InChI=1S/C81H133N3O20/c1-49(60-32-33-61-71-62(46-68(93)80(60,61)7)79(6)37-36-56(86)40-54(79)41-65(71)91)30-35-69(94)83-38-26-22-18-14-15-19-23-27-39-84-77(99)72-66(92)48-81(100)47-58(88)43-64(90)63(89)34-31-55(85)42-57(87)44-70(95)101-52(4)51(3)74(96)50(2)28-24-20-16-12-10-8-9-11-13-17-21-25-29-59(45-67(72)104-81)103-78-76(98)73(82)75(97)53(5)102-78/h8-13,16-17,20-21,24-25,28-29,49-68,71-76,78,85-93,96-98,100H,14-15,18-19,22-23,26-27,30-48,82H2,1-7H3,(H,83,94)(H,84,99)/t49-,50+,51+,52+,53-,54+,55-,56-,57-,58+,59+,60-,61+,62+,63-,64-,65-,66+,67+,68+,71+,72-,73+,74-,75-,76+,78+,79+,80-,81-/m1/s1. The number of carbonyl (C=O) groups excluding carboxylic acids is 3. The maximum absolute atomic E-state index is 14.3. The quantitative estimate of drug-likeness (QED) is 0.0524. The van der Waals surface area contributed by atoms with Crippen LogP contribution in [0.1, 0.15) is 209 Å². The van der Waals surface area contributed by atoms with Gasteiger partial charge in [-0.1, -0.05) is 158 Å². The summed E-state index contributed by atoms with van der Waals surface area (Å²) in [4.78, 5) is 40.3. The van der Waals surface area contributed by atoms with E-state index >= 15 is 0 Å². The number of hydrogen-bond acceptors (Lipinski definition) is 21. The summed E-state index contributed by atoms with van der Waals surface area (Å²) < 4.78 is 24.2. The van der Waals surface area contributed by atoms with Gasteiger partial charge in [-0.15, -0.1) is 0 Å². The molecular weight excluding hydrogens is 1330 g/mol. The Morgan fingerprint density at radius 1 is 0.596 bits per heavy atom. The second-order valence-corrected chi connectivity index (χ2v) is 32.7. The summed E-state index contributed by atoms with van der Waals surface area (Å²) in [6, 6.07) is -1.15. The number of fused-ring (bicyclic) bond motifs is 7. The van der Waals surface area contributed by atoms with Gasteiger partial charge in [0, 0.05) is 57.0 Å². The van der Waals surface area contributed by atoms with E-state index in [9.17, 15) is 80.8 Å². The van der Waals surface area contributed by atoms with Gasteiger partial charge in [0.2, 0.25) is 11.8 Å². The zero-order valence-electron chi connectivity index (χ0n) is 63.0. The number of cyclic esters (lactones) is 1. The largest absolute Gasteiger partial charge is 0.462 e. The topological polar surface area (TPSA) is 401 Å². The van der Waals surface area contributed by atoms with E-state index in [1.807, 2.05) is 49.5 Å². The molecule has 3 heterocycles. The first kappa shape index (κ1) is 87.1. The first-order valence-corrected chi connectivity index (χ1v) is 39.4. The molecule has 0 aromatic carbocycles. The Kier molecular flexibility index (Phi) is 34.9. The highest BCUT2D eigenvalue weighted by Crippen LogP contribution is 2.68. The fourth-order valence-electron chi connectivity index (χ4n) is 18.6. The summed E-state index contributed by atoms with van der Waals surface area (Å²) in [5, 5.41) is 152. The Morgan fingerprint density at radius 3 is 1.84 bits per heavy atom. The molecule has 30 atom stereocenters. The molecule has 4 aliphatic carbocycles. The second-order valence-electron chi connectivity index (χ2n) is 32.7. The van der Waals surface area contributed by atoms with Gasteiger partial charge in [-0.3, -0.25) is 14.4 Å². The lowest BCUT2D eigenvalue weighted by Crippen LogP contribution is -2.62. The summed E-state index contributed by atoms with van der Waals surface area (Å²) in [5.74, 6) is -4.16. The molecule has 7 aliphatic rings. The van der Waals surface area contributed by atoms with Gasteiger partial charge in [-0.25, -0.2) is 0 Å². The van der Waals surface area contributed by atoms with E-state index in [-0.39, 0.29) is 96.5 Å². The number of aliphatic hydroxyl groups is 13. The molecule has 2 amide bonds. The summed E-state index contributed by atoms with van der Waals surface area (Å²) in [5.41, 5.74) is 5.93. The number of amides is 2. The van der Waals surface area contributed by atoms with E-state index in [4.69, 9.17) is 24.7 Å². The number of ether oxygens (including phenoxy) is 4. The molecule has 0 aromatic heterocycles. The molecular formula is C81H133N3O20. The monoisotopic (exact) mass is 1470 g/mol. The van der Waals surface area contributed by atoms with Gasteiger partial charge >= 0.3 is 5.97 Å². The minimum Gasteiger partial charge on any atom is -0.462 e. The Hall–Kier alpha value is -4.09. The number of carbonyl (C=O) groups is 3. The molecule has 4 saturated carbocycles. The predicted molar refractivity (Wildman–Crippen MR) is 395 cm³/mol. The van der Waals surface area contributed by atoms with Crippen molar-refractivity contribution in [1.29, 1.82) is 0 Å². The lowest BCUT2D eigenvalue weighted by atomic mass is 9.43. The van der Waals surface area contributed by atoms with Crippen LogP contribution >= 0.6 is 0 Å². The molecule has 104 heavy (non-hydrogen) atoms. The van der Waals surface area contributed by atoms with E-state index in [1.54, 1.807) is 63.3 Å². The van der Waals surface area contributed by atoms with Crippen molar-refractivity contribution in [2.75, 3.05) is 13.1 Å². The van der Waals surface area contributed by atoms with Crippen LogP contribution in [0.3, 0.4) is 0 Å². The number of rotatable bonds is 18. The van der Waals surface area contributed by atoms with Gasteiger partial charge in [0.05, 0.1) is 104 Å². The summed E-state index contributed by atoms with van der Waals surface area (Å²) in [7, 11) is 0. The molecule has 0 unspecified atom stereocenters. The molecule has 6 fully saturated rings. The van der Waals surface area contributed by atoms with Crippen LogP contribution in [0.5, 0.6) is 0 Å². The first-order valence-electron chi connectivity index (χ1n) is 39.4. The van der Waals surface area contributed by atoms with E-state index in [2.05, 4.69) is 31.4 Å². The lowest BCUT2D eigenvalue weighted by Gasteiger charge is -2.63. The van der Waals surface area contributed by atoms with Gasteiger partial charge < -0.3 is 102 Å². The van der Waals surface area contributed by atoms with Gasteiger partial charge in [0.15, 0.2) is 12.1 Å². The Balaban J connectivity index is 0.907. The van der Waals surface area contributed by atoms with Gasteiger partial charge in [-0.05, 0) is 144 Å². The van der Waals surface area contributed by atoms with E-state index in [1.165, 1.54) is 0 Å². The van der Waals surface area contributed by atoms with Crippen LogP contribution in [0.4, 0.5) is 0 Å². The zero-order valence-corrected chi connectivity index (χ0v) is 63.0. The molecule has 7 rings (SSSR count). The average Bonchev–Trinajstić information content (AvgIpc) is 1.39. The molecule has 17 N–H and O–H groups in total. The number of hydrogen-bond donors (Lipinski definition) is 16. The van der Waals surface area contributed by atoms with Gasteiger partial charge in [0.25, 0.3) is 0 Å². The van der Waals surface area contributed by atoms with Crippen LogP contribution in [0.15, 0.2) is 85.1 Å². The van der Waals surface area contributed by atoms with Crippen LogP contribution in [0.2, 0.25) is 0 Å². The third-order valence-electron chi connectivity index (χ3n) is 25.1. The normalized spacial score (nSPS) is 42.3. The fraction of sp³-hybridized carbons (Fsp3) is 0.790. The van der Waals surface area contributed by atoms with Crippen molar-refractivity contribution in [3.63, 3.8) is 0 Å². The van der Waals surface area contributed by atoms with Gasteiger partial charge in [0.1, 0.15) is 12.2 Å². The molecule has 0 aromatic rings. The van der Waals surface area contributed by atoms with Crippen molar-refractivity contribution in [2.24, 2.45) is 69.8 Å². The van der Waals surface area contributed by atoms with Crippen LogP contribution in [0.25, 0.3) is 0 Å². The summed E-state index contributed by atoms with van der Waals surface area (Å²) >= 11 is 0. The third kappa shape index (κ3) is 24.5. The molecule has 3 aliphatic heterocycles. The van der Waals surface area contributed by atoms with Crippen molar-refractivity contribution in [1.82, 2.24) is 10.6 Å². The van der Waals surface area contributed by atoms with E-state index < -0.39 is 159 Å². The highest BCUT2D eigenvalue weighted by atomic mass is 16.7. The van der Waals surface area contributed by atoms with Crippen molar-refractivity contribution in [3.05, 3.63) is 85.1 Å². The Bertz CT molecular complexity index is 2840. The molecule has 2 saturated heterocycles. The number of nitrogens with two attached hydrogens (primary N) is 1. The molecule has 23 nitrogen and oxygen atoms in total. The number of aliphatic hydroxyl groups excluding tert-OH is 12. The molecule has 592 valence electrons. The van der Waals surface area contributed by atoms with Gasteiger partial charge in [-0.2, -0.15) is 0 Å². The number of esters is 1. The van der Waals surface area contributed by atoms with Crippen molar-refractivity contribution < 1.29 is 99.7 Å². The van der Waals surface area contributed by atoms with Crippen molar-refractivity contribution >= 4 is 17.8 Å². The molecule has 23 heteroatoms. The van der Waals surface area contributed by atoms with E-state index in [0.717, 1.165) is 89.9 Å². The van der Waals surface area contributed by atoms with Crippen LogP contribution in [-0.4, -0.2) is 213 Å². The average molecular weight is 1470 g/mol. The third-order valence-corrected chi connectivity index (χ3v) is 25.1. The highest BCUT2D eigenvalue weighted by molar-refractivity contribution is 5.80. The number of nitrogens with one attached hydrogen (secondary N) is 2. The smallest absolute Gasteiger partial charge is 0.308 e. The summed E-state index contributed by atoms with van der Waals surface area (Å²) in [6.45, 7) is 14.5. The Labute approximate surface area is 618 Å². The second kappa shape index (κ2) is 41.6. The number of allylic oxidation sites excluding steroid dienone is 12. The predicted octanol–water partition coefficient (Wildman–Crippen LogP) is 6.36. The van der Waals surface area contributed by atoms with Crippen molar-refractivity contribution in [3.8, 4) is 0 Å². The van der Waals surface area contributed by atoms with E-state index in [0.29, 0.717) is 25.8 Å². The maximum atomic E-state index is 14.3. The SMILES string of the molecule is C[C@@H]1[C@H](O)[C@@H](C)C=CC=CC=CC=CC=CC=CC=C[C@H](O[C@@H]2O[C@H](C)[C@@H](O)[C@H](N)[C@@H]2O)C[C@@H]2O[C@](O)(C[C@@H](O)C[C@@H](O)[C@H](O)CC[C@@H](O)C[C@@H](O)CC(=O)O[C@H]1C)C[C@H](O)[C@H]2C(=O)NCCCCCCCCCCNC(=O)CC[C@@H](C)[C@H]1CC[C@H]2[C@@H]3[C@H](O)C[C@@H]4C[C@H](O)CC[C@]4(C)[C@H]3C[C@H](O)[C@]12C. The van der Waals surface area contributed by atoms with Crippen LogP contribution < -0.4 is 16.4 Å². The fourth-order valence-corrected chi connectivity index (χ4v) is 18.6. The molecule has 0 radical (unpaired) electrons. The molecule has 2 bridgehead atoms. The van der Waals surface area contributed by atoms with Crippen LogP contribution in [-0.2, 0) is 33.3 Å². The number of unbranched alkanes of at least 4 members (excludes halogenated alkanes) is 7.